The van der Waals surface area contributed by atoms with Crippen molar-refractivity contribution in [3.63, 3.8) is 0 Å². The molecule has 1 atom stereocenters. The molecule has 0 spiro atoms. The van der Waals surface area contributed by atoms with E-state index in [0.29, 0.717) is 22.8 Å². The Morgan fingerprint density at radius 3 is 2.71 bits per heavy atom. The molecule has 28 heavy (non-hydrogen) atoms. The first-order valence-corrected chi connectivity index (χ1v) is 9.47. The topological polar surface area (TPSA) is 87.7 Å². The van der Waals surface area contributed by atoms with Crippen LogP contribution in [0.2, 0.25) is 0 Å². The van der Waals surface area contributed by atoms with Crippen molar-refractivity contribution < 1.29 is 4.79 Å². The fourth-order valence-corrected chi connectivity index (χ4v) is 3.70. The van der Waals surface area contributed by atoms with Crippen LogP contribution in [0.1, 0.15) is 28.8 Å². The summed E-state index contributed by atoms with van der Waals surface area (Å²) in [5, 5.41) is 3.08. The van der Waals surface area contributed by atoms with Gasteiger partial charge in [-0.15, -0.1) is 0 Å². The predicted octanol–water partition coefficient (Wildman–Crippen LogP) is 2.36. The molecule has 4 rings (SSSR count). The number of hydrogen-bond donors (Lipinski definition) is 2. The summed E-state index contributed by atoms with van der Waals surface area (Å²) >= 11 is 0. The standard InChI is InChI=1S/C22H22N4O2/c1-14-18(22(28)26-21(24-14)19-8-4-5-11-23-19)13-20(27)25-17-10-9-15-6-2-3-7-16(15)12-17/h2-8,11,17H,9-10,12-13H2,1H3,(H,25,27)(H,24,26,28)/t17-/m0/s1. The number of rotatable bonds is 4. The van der Waals surface area contributed by atoms with Gasteiger partial charge >= 0.3 is 0 Å². The van der Waals surface area contributed by atoms with Gasteiger partial charge in [-0.2, -0.15) is 0 Å². The van der Waals surface area contributed by atoms with Crippen molar-refractivity contribution in [3.05, 3.63) is 81.4 Å². The van der Waals surface area contributed by atoms with Crippen LogP contribution in [-0.2, 0) is 24.1 Å². The van der Waals surface area contributed by atoms with Gasteiger partial charge in [0.15, 0.2) is 5.82 Å². The molecule has 0 bridgehead atoms. The number of fused-ring (bicyclic) bond motifs is 1. The number of nitrogens with zero attached hydrogens (tertiary/aromatic N) is 2. The minimum Gasteiger partial charge on any atom is -0.353 e. The van der Waals surface area contributed by atoms with Crippen molar-refractivity contribution >= 4 is 5.91 Å². The Bertz CT molecular complexity index is 1060. The number of hydrogen-bond acceptors (Lipinski definition) is 4. The zero-order valence-corrected chi connectivity index (χ0v) is 15.7. The highest BCUT2D eigenvalue weighted by Gasteiger charge is 2.21. The van der Waals surface area contributed by atoms with Gasteiger partial charge < -0.3 is 10.3 Å². The van der Waals surface area contributed by atoms with E-state index in [2.05, 4.69) is 38.5 Å². The lowest BCUT2D eigenvalue weighted by atomic mass is 9.88. The number of pyridine rings is 1. The fourth-order valence-electron chi connectivity index (χ4n) is 3.70. The molecule has 0 unspecified atom stereocenters. The Balaban J connectivity index is 1.46. The number of benzene rings is 1. The van der Waals surface area contributed by atoms with Crippen LogP contribution in [-0.4, -0.2) is 26.9 Å². The maximum atomic E-state index is 12.5. The summed E-state index contributed by atoms with van der Waals surface area (Å²) in [6.07, 6.45) is 4.37. The van der Waals surface area contributed by atoms with Crippen LogP contribution < -0.4 is 10.9 Å². The summed E-state index contributed by atoms with van der Waals surface area (Å²) in [6, 6.07) is 13.9. The van der Waals surface area contributed by atoms with Crippen LogP contribution in [0.25, 0.3) is 11.5 Å². The molecule has 0 saturated carbocycles. The molecule has 0 saturated heterocycles. The van der Waals surface area contributed by atoms with Crippen LogP contribution in [0.15, 0.2) is 53.5 Å². The molecule has 2 aromatic heterocycles. The van der Waals surface area contributed by atoms with Gasteiger partial charge in [0.1, 0.15) is 5.69 Å². The lowest BCUT2D eigenvalue weighted by Gasteiger charge is -2.25. The molecule has 3 aromatic rings. The highest BCUT2D eigenvalue weighted by atomic mass is 16.2. The Morgan fingerprint density at radius 2 is 1.96 bits per heavy atom. The SMILES string of the molecule is Cc1nc(-c2ccccn2)[nH]c(=O)c1CC(=O)N[C@H]1CCc2ccccc2C1. The number of aryl methyl sites for hydroxylation is 2. The van der Waals surface area contributed by atoms with E-state index in [9.17, 15) is 9.59 Å². The second kappa shape index (κ2) is 7.76. The van der Waals surface area contributed by atoms with Crippen molar-refractivity contribution in [1.82, 2.24) is 20.3 Å². The van der Waals surface area contributed by atoms with E-state index in [1.54, 1.807) is 25.3 Å². The number of carbonyl (C=O) groups excluding carboxylic acids is 1. The third-order valence-electron chi connectivity index (χ3n) is 5.18. The number of aromatic amines is 1. The van der Waals surface area contributed by atoms with Gasteiger partial charge in [-0.3, -0.25) is 14.6 Å². The van der Waals surface area contributed by atoms with Gasteiger partial charge in [-0.1, -0.05) is 30.3 Å². The van der Waals surface area contributed by atoms with E-state index >= 15 is 0 Å². The second-order valence-corrected chi connectivity index (χ2v) is 7.15. The van der Waals surface area contributed by atoms with Gasteiger partial charge in [0.2, 0.25) is 5.91 Å². The zero-order valence-electron chi connectivity index (χ0n) is 15.7. The normalized spacial score (nSPS) is 15.7. The predicted molar refractivity (Wildman–Crippen MR) is 107 cm³/mol. The Hall–Kier alpha value is -3.28. The van der Waals surface area contributed by atoms with E-state index in [1.165, 1.54) is 11.1 Å². The Kier molecular flexibility index (Phi) is 5.02. The quantitative estimate of drug-likeness (QED) is 0.734. The lowest BCUT2D eigenvalue weighted by Crippen LogP contribution is -2.40. The van der Waals surface area contributed by atoms with E-state index in [-0.39, 0.29) is 23.9 Å². The fraction of sp³-hybridized carbons (Fsp3) is 0.273. The molecular formula is C22H22N4O2. The number of amides is 1. The maximum Gasteiger partial charge on any atom is 0.255 e. The van der Waals surface area contributed by atoms with Gasteiger partial charge in [-0.25, -0.2) is 4.98 Å². The average Bonchev–Trinajstić information content (AvgIpc) is 2.71. The first-order chi connectivity index (χ1) is 13.6. The molecule has 6 heteroatoms. The first kappa shape index (κ1) is 18.1. The first-order valence-electron chi connectivity index (χ1n) is 9.47. The van der Waals surface area contributed by atoms with Crippen molar-refractivity contribution in [1.29, 1.82) is 0 Å². The molecule has 1 aliphatic rings. The number of carbonyl (C=O) groups is 1. The van der Waals surface area contributed by atoms with Crippen molar-refractivity contribution in [2.75, 3.05) is 0 Å². The van der Waals surface area contributed by atoms with Gasteiger partial charge in [-0.05, 0) is 49.4 Å². The molecule has 6 nitrogen and oxygen atoms in total. The third-order valence-corrected chi connectivity index (χ3v) is 5.18. The summed E-state index contributed by atoms with van der Waals surface area (Å²) in [5.41, 5.74) is 3.89. The highest BCUT2D eigenvalue weighted by Crippen LogP contribution is 2.21. The summed E-state index contributed by atoms with van der Waals surface area (Å²) in [7, 11) is 0. The number of H-pyrrole nitrogens is 1. The third kappa shape index (κ3) is 3.86. The summed E-state index contributed by atoms with van der Waals surface area (Å²) in [5.74, 6) is 0.265. The van der Waals surface area contributed by atoms with E-state index < -0.39 is 0 Å². The van der Waals surface area contributed by atoms with E-state index in [0.717, 1.165) is 19.3 Å². The molecular weight excluding hydrogens is 352 g/mol. The minimum absolute atomic E-state index is 0.0226. The van der Waals surface area contributed by atoms with Crippen molar-refractivity contribution in [3.8, 4) is 11.5 Å². The monoisotopic (exact) mass is 374 g/mol. The number of nitrogens with one attached hydrogen (secondary N) is 2. The Morgan fingerprint density at radius 1 is 1.18 bits per heavy atom. The van der Waals surface area contributed by atoms with Crippen LogP contribution in [0.3, 0.4) is 0 Å². The van der Waals surface area contributed by atoms with Crippen molar-refractivity contribution in [2.24, 2.45) is 0 Å². The van der Waals surface area contributed by atoms with Crippen LogP contribution in [0.5, 0.6) is 0 Å². The van der Waals surface area contributed by atoms with Crippen molar-refractivity contribution in [2.45, 2.75) is 38.6 Å². The number of aromatic nitrogens is 3. The molecule has 1 aliphatic carbocycles. The van der Waals surface area contributed by atoms with Crippen LogP contribution in [0, 0.1) is 6.92 Å². The molecule has 0 radical (unpaired) electrons. The van der Waals surface area contributed by atoms with Gasteiger partial charge in [0.25, 0.3) is 5.56 Å². The highest BCUT2D eigenvalue weighted by molar-refractivity contribution is 5.79. The largest absolute Gasteiger partial charge is 0.353 e. The van der Waals surface area contributed by atoms with Gasteiger partial charge in [0.05, 0.1) is 6.42 Å². The molecule has 0 fully saturated rings. The summed E-state index contributed by atoms with van der Waals surface area (Å²) in [4.78, 5) is 36.5. The molecule has 2 heterocycles. The van der Waals surface area contributed by atoms with Gasteiger partial charge in [0, 0.05) is 23.5 Å². The maximum absolute atomic E-state index is 12.5. The van der Waals surface area contributed by atoms with Crippen LogP contribution in [0.4, 0.5) is 0 Å². The average molecular weight is 374 g/mol. The van der Waals surface area contributed by atoms with Crippen LogP contribution >= 0.6 is 0 Å². The molecule has 2 N–H and O–H groups in total. The summed E-state index contributed by atoms with van der Waals surface area (Å²) in [6.45, 7) is 1.75. The second-order valence-electron chi connectivity index (χ2n) is 7.15. The Labute approximate surface area is 163 Å². The molecule has 142 valence electrons. The summed E-state index contributed by atoms with van der Waals surface area (Å²) < 4.78 is 0. The van der Waals surface area contributed by atoms with E-state index in [4.69, 9.17) is 0 Å². The van der Waals surface area contributed by atoms with E-state index in [1.807, 2.05) is 12.1 Å². The molecule has 0 aliphatic heterocycles. The molecule has 1 amide bonds. The zero-order chi connectivity index (χ0) is 19.5. The molecule has 1 aromatic carbocycles. The minimum atomic E-state index is -0.294. The lowest BCUT2D eigenvalue weighted by molar-refractivity contribution is -0.121. The smallest absolute Gasteiger partial charge is 0.255 e.